The van der Waals surface area contributed by atoms with Crippen LogP contribution in [-0.4, -0.2) is 5.78 Å². The lowest BCUT2D eigenvalue weighted by Crippen LogP contribution is -2.42. The zero-order valence-corrected chi connectivity index (χ0v) is 14.8. The Morgan fingerprint density at radius 3 is 1.96 bits per heavy atom. The molecule has 0 bridgehead atoms. The van der Waals surface area contributed by atoms with E-state index in [0.717, 1.165) is 11.1 Å². The molecule has 0 aliphatic carbocycles. The quantitative estimate of drug-likeness (QED) is 0.607. The lowest BCUT2D eigenvalue weighted by atomic mass is 9.75. The summed E-state index contributed by atoms with van der Waals surface area (Å²) in [5.41, 5.74) is 2.55. The second kappa shape index (κ2) is 6.21. The molecule has 0 amide bonds. The summed E-state index contributed by atoms with van der Waals surface area (Å²) in [5.74, 6) is 0.0193. The van der Waals surface area contributed by atoms with Crippen LogP contribution in [0.3, 0.4) is 0 Å². The lowest BCUT2D eigenvalue weighted by Gasteiger charge is -2.40. The molecule has 0 fully saturated rings. The van der Waals surface area contributed by atoms with Gasteiger partial charge in [0, 0.05) is 17.0 Å². The number of anilines is 1. The van der Waals surface area contributed by atoms with Crippen LogP contribution in [0.4, 0.5) is 5.69 Å². The Morgan fingerprint density at radius 2 is 1.40 bits per heavy atom. The maximum Gasteiger partial charge on any atom is 0.168 e. The van der Waals surface area contributed by atoms with Crippen LogP contribution in [0.5, 0.6) is 0 Å². The molecule has 0 saturated heterocycles. The van der Waals surface area contributed by atoms with E-state index < -0.39 is 5.54 Å². The van der Waals surface area contributed by atoms with E-state index in [1.54, 1.807) is 12.1 Å². The van der Waals surface area contributed by atoms with Crippen LogP contribution in [0.25, 0.3) is 0 Å². The van der Waals surface area contributed by atoms with Gasteiger partial charge in [0.25, 0.3) is 0 Å². The Morgan fingerprint density at radius 1 is 0.840 bits per heavy atom. The minimum absolute atomic E-state index is 0.0193. The van der Waals surface area contributed by atoms with Crippen molar-refractivity contribution in [2.24, 2.45) is 0 Å². The third-order valence-corrected chi connectivity index (χ3v) is 5.17. The lowest BCUT2D eigenvalue weighted by molar-refractivity contribution is 0.0958. The summed E-state index contributed by atoms with van der Waals surface area (Å²) >= 11 is 12.5. The van der Waals surface area contributed by atoms with E-state index in [9.17, 15) is 4.79 Å². The Kier molecular flexibility index (Phi) is 4.03. The molecule has 2 nitrogen and oxygen atoms in total. The Balaban J connectivity index is 1.96. The maximum atomic E-state index is 13.0. The summed E-state index contributed by atoms with van der Waals surface area (Å²) in [5, 5.41) is 4.47. The predicted molar refractivity (Wildman–Crippen MR) is 103 cm³/mol. The highest BCUT2D eigenvalue weighted by Gasteiger charge is 2.42. The number of halogens is 2. The fourth-order valence-corrected chi connectivity index (χ4v) is 4.02. The van der Waals surface area contributed by atoms with E-state index in [-0.39, 0.29) is 5.78 Å². The minimum atomic E-state index is -0.663. The minimum Gasteiger partial charge on any atom is -0.369 e. The van der Waals surface area contributed by atoms with E-state index in [1.165, 1.54) is 0 Å². The van der Waals surface area contributed by atoms with Gasteiger partial charge in [-0.25, -0.2) is 0 Å². The zero-order valence-electron chi connectivity index (χ0n) is 13.3. The molecule has 4 rings (SSSR count). The number of hydrogen-bond donors (Lipinski definition) is 1. The zero-order chi connectivity index (χ0) is 17.4. The summed E-state index contributed by atoms with van der Waals surface area (Å²) in [6.45, 7) is 0. The molecule has 1 N–H and O–H groups in total. The van der Waals surface area contributed by atoms with Crippen LogP contribution < -0.4 is 5.32 Å². The Labute approximate surface area is 156 Å². The van der Waals surface area contributed by atoms with Crippen molar-refractivity contribution in [3.63, 3.8) is 0 Å². The summed E-state index contributed by atoms with van der Waals surface area (Å²) < 4.78 is 0. The third-order valence-electron chi connectivity index (χ3n) is 4.65. The molecule has 1 aliphatic rings. The second-order valence-electron chi connectivity index (χ2n) is 6.17. The smallest absolute Gasteiger partial charge is 0.168 e. The van der Waals surface area contributed by atoms with Crippen molar-refractivity contribution in [2.45, 2.75) is 12.0 Å². The molecule has 25 heavy (non-hydrogen) atoms. The molecule has 4 heteroatoms. The van der Waals surface area contributed by atoms with Gasteiger partial charge in [0.2, 0.25) is 0 Å². The molecular formula is C21H15Cl2NO. The van der Waals surface area contributed by atoms with Gasteiger partial charge in [-0.1, -0.05) is 83.9 Å². The summed E-state index contributed by atoms with van der Waals surface area (Å²) in [7, 11) is 0. The largest absolute Gasteiger partial charge is 0.369 e. The van der Waals surface area contributed by atoms with E-state index in [1.807, 2.05) is 60.7 Å². The fourth-order valence-electron chi connectivity index (χ4n) is 3.47. The number of carbonyl (C=O) groups is 1. The van der Waals surface area contributed by atoms with Gasteiger partial charge in [-0.2, -0.15) is 0 Å². The normalized spacial score (nSPS) is 15.4. The second-order valence-corrected chi connectivity index (χ2v) is 7.02. The highest BCUT2D eigenvalue weighted by Crippen LogP contribution is 2.45. The van der Waals surface area contributed by atoms with Gasteiger partial charge in [-0.15, -0.1) is 0 Å². The topological polar surface area (TPSA) is 29.1 Å². The van der Waals surface area contributed by atoms with E-state index in [4.69, 9.17) is 23.2 Å². The number of hydrogen-bond acceptors (Lipinski definition) is 2. The van der Waals surface area contributed by atoms with E-state index in [0.29, 0.717) is 27.7 Å². The van der Waals surface area contributed by atoms with Gasteiger partial charge in [0.1, 0.15) is 0 Å². The van der Waals surface area contributed by atoms with E-state index in [2.05, 4.69) is 5.32 Å². The van der Waals surface area contributed by atoms with Crippen molar-refractivity contribution in [3.05, 3.63) is 99.5 Å². The number of fused-ring (bicyclic) bond motifs is 1. The van der Waals surface area contributed by atoms with E-state index >= 15 is 0 Å². The predicted octanol–water partition coefficient (Wildman–Crippen LogP) is 5.94. The molecule has 0 aromatic heterocycles. The van der Waals surface area contributed by atoms with Crippen molar-refractivity contribution in [1.82, 2.24) is 0 Å². The van der Waals surface area contributed by atoms with Crippen LogP contribution in [-0.2, 0) is 5.54 Å². The van der Waals surface area contributed by atoms with Gasteiger partial charge >= 0.3 is 0 Å². The van der Waals surface area contributed by atoms with Crippen LogP contribution in [0.2, 0.25) is 10.0 Å². The molecule has 0 radical (unpaired) electrons. The molecule has 3 aromatic carbocycles. The fraction of sp³-hybridized carbons (Fsp3) is 0.0952. The Bertz CT molecular complexity index is 899. The summed E-state index contributed by atoms with van der Waals surface area (Å²) in [6.07, 6.45) is 0.296. The molecular weight excluding hydrogens is 353 g/mol. The van der Waals surface area contributed by atoms with Crippen LogP contribution in [0.15, 0.2) is 72.8 Å². The number of nitrogens with one attached hydrogen (secondary N) is 1. The summed E-state index contributed by atoms with van der Waals surface area (Å²) in [4.78, 5) is 13.0. The average Bonchev–Trinajstić information content (AvgIpc) is 2.64. The monoisotopic (exact) mass is 367 g/mol. The van der Waals surface area contributed by atoms with Gasteiger partial charge in [0.15, 0.2) is 5.78 Å². The van der Waals surface area contributed by atoms with Gasteiger partial charge < -0.3 is 5.32 Å². The molecule has 1 heterocycles. The first kappa shape index (κ1) is 16.2. The van der Waals surface area contributed by atoms with Crippen molar-refractivity contribution in [2.75, 3.05) is 5.32 Å². The number of carbonyl (C=O) groups excluding carboxylic acids is 1. The molecule has 0 saturated carbocycles. The van der Waals surface area contributed by atoms with Crippen LogP contribution in [0.1, 0.15) is 27.9 Å². The molecule has 0 spiro atoms. The number of benzene rings is 3. The molecule has 0 unspecified atom stereocenters. The van der Waals surface area contributed by atoms with Crippen molar-refractivity contribution < 1.29 is 4.79 Å². The van der Waals surface area contributed by atoms with Gasteiger partial charge in [0.05, 0.1) is 16.2 Å². The summed E-state index contributed by atoms with van der Waals surface area (Å²) in [6, 6.07) is 23.3. The number of ketones is 1. The Hall–Kier alpha value is -2.29. The van der Waals surface area contributed by atoms with Crippen molar-refractivity contribution in [1.29, 1.82) is 0 Å². The highest BCUT2D eigenvalue weighted by molar-refractivity contribution is 6.37. The van der Waals surface area contributed by atoms with Crippen molar-refractivity contribution in [3.8, 4) is 0 Å². The maximum absolute atomic E-state index is 13.0. The molecule has 124 valence electrons. The number of rotatable bonds is 2. The SMILES string of the molecule is O=C1CC(c2ccccc2)(c2ccccc2)Nc2c(Cl)cc(Cl)cc21. The molecule has 1 aliphatic heterocycles. The first-order chi connectivity index (χ1) is 12.1. The standard InChI is InChI=1S/C21H15Cl2NO/c22-16-11-17-19(25)13-21(14-7-3-1-4-8-14,15-9-5-2-6-10-15)24-20(17)18(23)12-16/h1-12,24H,13H2. The van der Waals surface area contributed by atoms with Crippen molar-refractivity contribution >= 4 is 34.7 Å². The van der Waals surface area contributed by atoms with Crippen LogP contribution in [0, 0.1) is 0 Å². The molecule has 3 aromatic rings. The highest BCUT2D eigenvalue weighted by atomic mass is 35.5. The van der Waals surface area contributed by atoms with Gasteiger partial charge in [-0.05, 0) is 23.3 Å². The van der Waals surface area contributed by atoms with Gasteiger partial charge in [-0.3, -0.25) is 4.79 Å². The third kappa shape index (κ3) is 2.72. The average molecular weight is 368 g/mol. The first-order valence-corrected chi connectivity index (χ1v) is 8.77. The van der Waals surface area contributed by atoms with Crippen LogP contribution >= 0.6 is 23.2 Å². The molecule has 0 atom stereocenters. The first-order valence-electron chi connectivity index (χ1n) is 8.02. The number of Topliss-reactive ketones (excluding diaryl/α,β-unsaturated/α-hetero) is 1.